The number of aromatic carboxylic acids is 1. The van der Waals surface area contributed by atoms with Gasteiger partial charge < -0.3 is 19.7 Å². The van der Waals surface area contributed by atoms with E-state index in [-0.39, 0.29) is 5.56 Å². The van der Waals surface area contributed by atoms with E-state index in [1.807, 2.05) is 0 Å². The lowest BCUT2D eigenvalue weighted by molar-refractivity contribution is 0.0694. The van der Waals surface area contributed by atoms with E-state index < -0.39 is 5.97 Å². The zero-order valence-corrected chi connectivity index (χ0v) is 10.7. The number of nitrogens with zero attached hydrogens (tertiary/aromatic N) is 1. The Hall–Kier alpha value is -1.33. The number of carboxylic acids is 1. The molecule has 2 heterocycles. The molecule has 1 unspecified atom stereocenters. The summed E-state index contributed by atoms with van der Waals surface area (Å²) in [7, 11) is 2.14. The third kappa shape index (κ3) is 3.34. The Bertz CT molecular complexity index is 403. The van der Waals surface area contributed by atoms with E-state index in [4.69, 9.17) is 9.52 Å². The summed E-state index contributed by atoms with van der Waals surface area (Å²) in [4.78, 5) is 13.2. The highest BCUT2D eigenvalue weighted by Crippen LogP contribution is 2.15. The molecule has 100 valence electrons. The molecule has 0 saturated carbocycles. The number of nitrogens with one attached hydrogen (secondary N) is 1. The monoisotopic (exact) mass is 252 g/mol. The van der Waals surface area contributed by atoms with Crippen molar-refractivity contribution in [1.82, 2.24) is 10.2 Å². The van der Waals surface area contributed by atoms with Gasteiger partial charge in [-0.3, -0.25) is 0 Å². The number of furan rings is 1. The molecule has 2 rings (SSSR count). The smallest absolute Gasteiger partial charge is 0.339 e. The molecular weight excluding hydrogens is 232 g/mol. The first kappa shape index (κ1) is 13.1. The summed E-state index contributed by atoms with van der Waals surface area (Å²) in [5, 5.41) is 12.2. The van der Waals surface area contributed by atoms with E-state index >= 15 is 0 Å². The van der Waals surface area contributed by atoms with E-state index in [9.17, 15) is 4.79 Å². The van der Waals surface area contributed by atoms with Crippen LogP contribution in [0.5, 0.6) is 0 Å². The lowest BCUT2D eigenvalue weighted by Gasteiger charge is -2.29. The Labute approximate surface area is 107 Å². The summed E-state index contributed by atoms with van der Waals surface area (Å²) >= 11 is 0. The average molecular weight is 252 g/mol. The second kappa shape index (κ2) is 6.02. The van der Waals surface area contributed by atoms with E-state index in [0.717, 1.165) is 13.1 Å². The van der Waals surface area contributed by atoms with Gasteiger partial charge in [0.05, 0.1) is 12.8 Å². The van der Waals surface area contributed by atoms with Gasteiger partial charge in [-0.1, -0.05) is 0 Å². The second-order valence-corrected chi connectivity index (χ2v) is 4.96. The topological polar surface area (TPSA) is 65.7 Å². The van der Waals surface area contributed by atoms with Crippen LogP contribution in [0.1, 0.15) is 29.0 Å². The quantitative estimate of drug-likeness (QED) is 0.829. The van der Waals surface area contributed by atoms with Gasteiger partial charge in [-0.2, -0.15) is 0 Å². The first-order valence-electron chi connectivity index (χ1n) is 6.35. The number of hydrogen-bond acceptors (Lipinski definition) is 4. The maximum absolute atomic E-state index is 10.9. The maximum atomic E-state index is 10.9. The highest BCUT2D eigenvalue weighted by molar-refractivity contribution is 5.88. The van der Waals surface area contributed by atoms with Crippen molar-refractivity contribution in [3.05, 3.63) is 23.7 Å². The van der Waals surface area contributed by atoms with Gasteiger partial charge >= 0.3 is 5.97 Å². The van der Waals surface area contributed by atoms with E-state index in [2.05, 4.69) is 17.3 Å². The van der Waals surface area contributed by atoms with Gasteiger partial charge in [-0.05, 0) is 45.0 Å². The number of carboxylic acid groups (broad SMARTS) is 1. The van der Waals surface area contributed by atoms with Crippen molar-refractivity contribution in [2.45, 2.75) is 19.4 Å². The van der Waals surface area contributed by atoms with Crippen LogP contribution in [-0.4, -0.2) is 42.7 Å². The van der Waals surface area contributed by atoms with Crippen molar-refractivity contribution in [2.75, 3.05) is 26.7 Å². The Balaban J connectivity index is 1.78. The molecule has 1 fully saturated rings. The second-order valence-electron chi connectivity index (χ2n) is 4.96. The van der Waals surface area contributed by atoms with Crippen molar-refractivity contribution in [1.29, 1.82) is 0 Å². The molecule has 18 heavy (non-hydrogen) atoms. The lowest BCUT2D eigenvalue weighted by Crippen LogP contribution is -2.37. The summed E-state index contributed by atoms with van der Waals surface area (Å²) in [6.45, 7) is 3.67. The fourth-order valence-corrected chi connectivity index (χ4v) is 2.50. The highest BCUT2D eigenvalue weighted by Gasteiger charge is 2.17. The van der Waals surface area contributed by atoms with Crippen molar-refractivity contribution in [2.24, 2.45) is 5.92 Å². The lowest BCUT2D eigenvalue weighted by atomic mass is 9.98. The van der Waals surface area contributed by atoms with Gasteiger partial charge in [0, 0.05) is 6.54 Å². The van der Waals surface area contributed by atoms with Crippen molar-refractivity contribution in [3.8, 4) is 0 Å². The molecule has 0 amide bonds. The van der Waals surface area contributed by atoms with Crippen LogP contribution in [0.15, 0.2) is 16.7 Å². The summed E-state index contributed by atoms with van der Waals surface area (Å²) in [5.41, 5.74) is 0.253. The van der Waals surface area contributed by atoms with Crippen LogP contribution in [0.25, 0.3) is 0 Å². The van der Waals surface area contributed by atoms with Crippen LogP contribution in [0, 0.1) is 5.92 Å². The normalized spacial score (nSPS) is 21.1. The number of likely N-dealkylation sites (tertiary alicyclic amines) is 1. The Morgan fingerprint density at radius 1 is 1.67 bits per heavy atom. The first-order chi connectivity index (χ1) is 8.66. The molecule has 5 nitrogen and oxygen atoms in total. The molecule has 0 aliphatic carbocycles. The molecule has 0 spiro atoms. The van der Waals surface area contributed by atoms with Gasteiger partial charge in [-0.15, -0.1) is 0 Å². The molecule has 1 atom stereocenters. The molecule has 1 aliphatic heterocycles. The summed E-state index contributed by atoms with van der Waals surface area (Å²) < 4.78 is 5.18. The van der Waals surface area contributed by atoms with Gasteiger partial charge in [0.2, 0.25) is 0 Å². The van der Waals surface area contributed by atoms with Crippen LogP contribution in [0.2, 0.25) is 0 Å². The predicted octanol–water partition coefficient (Wildman–Crippen LogP) is 1.41. The van der Waals surface area contributed by atoms with Crippen molar-refractivity contribution >= 4 is 5.97 Å². The predicted molar refractivity (Wildman–Crippen MR) is 67.6 cm³/mol. The number of piperidine rings is 1. The Kier molecular flexibility index (Phi) is 4.38. The zero-order valence-electron chi connectivity index (χ0n) is 10.7. The Morgan fingerprint density at radius 2 is 2.50 bits per heavy atom. The van der Waals surface area contributed by atoms with Crippen LogP contribution in [0.4, 0.5) is 0 Å². The minimum absolute atomic E-state index is 0.253. The number of carbonyl (C=O) groups is 1. The summed E-state index contributed by atoms with van der Waals surface area (Å²) in [6, 6.07) is 1.49. The fourth-order valence-electron chi connectivity index (χ4n) is 2.50. The number of rotatable bonds is 5. The molecule has 1 aromatic rings. The minimum atomic E-state index is -0.932. The van der Waals surface area contributed by atoms with Crippen LogP contribution in [0.3, 0.4) is 0 Å². The molecule has 2 N–H and O–H groups in total. The standard InChI is InChI=1S/C13H20N2O3/c1-15-5-2-3-10(9-15)7-14-8-12-11(13(16)17)4-6-18-12/h4,6,10,14H,2-3,5,7-9H2,1H3,(H,16,17). The van der Waals surface area contributed by atoms with Gasteiger partial charge in [0.15, 0.2) is 0 Å². The first-order valence-corrected chi connectivity index (χ1v) is 6.35. The molecule has 5 heteroatoms. The fraction of sp³-hybridized carbons (Fsp3) is 0.615. The molecular formula is C13H20N2O3. The minimum Gasteiger partial charge on any atom is -0.478 e. The number of hydrogen-bond donors (Lipinski definition) is 2. The van der Waals surface area contributed by atoms with Crippen LogP contribution < -0.4 is 5.32 Å². The average Bonchev–Trinajstić information content (AvgIpc) is 2.77. The third-order valence-electron chi connectivity index (χ3n) is 3.42. The maximum Gasteiger partial charge on any atom is 0.339 e. The SMILES string of the molecule is CN1CCCC(CNCc2occc2C(=O)O)C1. The third-order valence-corrected chi connectivity index (χ3v) is 3.42. The molecule has 0 bridgehead atoms. The van der Waals surface area contributed by atoms with E-state index in [1.165, 1.54) is 31.7 Å². The summed E-state index contributed by atoms with van der Waals surface area (Å²) in [5.74, 6) is 0.219. The molecule has 1 aliphatic rings. The molecule has 0 radical (unpaired) electrons. The van der Waals surface area contributed by atoms with Gasteiger partial charge in [0.25, 0.3) is 0 Å². The largest absolute Gasteiger partial charge is 0.478 e. The zero-order chi connectivity index (χ0) is 13.0. The van der Waals surface area contributed by atoms with E-state index in [0.29, 0.717) is 18.2 Å². The van der Waals surface area contributed by atoms with Gasteiger partial charge in [-0.25, -0.2) is 4.79 Å². The van der Waals surface area contributed by atoms with Crippen LogP contribution in [-0.2, 0) is 6.54 Å². The summed E-state index contributed by atoms with van der Waals surface area (Å²) in [6.07, 6.45) is 3.90. The van der Waals surface area contributed by atoms with Crippen molar-refractivity contribution in [3.63, 3.8) is 0 Å². The van der Waals surface area contributed by atoms with Crippen LogP contribution >= 0.6 is 0 Å². The molecule has 1 saturated heterocycles. The van der Waals surface area contributed by atoms with Crippen molar-refractivity contribution < 1.29 is 14.3 Å². The molecule has 0 aromatic carbocycles. The van der Waals surface area contributed by atoms with E-state index in [1.54, 1.807) is 0 Å². The van der Waals surface area contributed by atoms with Gasteiger partial charge in [0.1, 0.15) is 11.3 Å². The molecule has 1 aromatic heterocycles. The highest BCUT2D eigenvalue weighted by atomic mass is 16.4. The Morgan fingerprint density at radius 3 is 3.22 bits per heavy atom.